The smallest absolute Gasteiger partial charge is 0.0651 e. The molecule has 1 heterocycles. The van der Waals surface area contributed by atoms with Crippen molar-refractivity contribution in [3.8, 4) is 0 Å². The minimum Gasteiger partial charge on any atom is -0.322 e. The van der Waals surface area contributed by atoms with E-state index in [1.165, 1.54) is 30.0 Å². The number of aromatic nitrogens is 1. The number of hydrogen-bond donors (Lipinski definition) is 1. The lowest BCUT2D eigenvalue weighted by Gasteiger charge is -2.35. The Balaban J connectivity index is 1.94. The maximum atomic E-state index is 6.60. The van der Waals surface area contributed by atoms with Crippen molar-refractivity contribution in [1.82, 2.24) is 4.98 Å². The van der Waals surface area contributed by atoms with Gasteiger partial charge in [0.15, 0.2) is 0 Å². The van der Waals surface area contributed by atoms with Gasteiger partial charge in [-0.3, -0.25) is 4.98 Å². The zero-order valence-electron chi connectivity index (χ0n) is 12.4. The van der Waals surface area contributed by atoms with E-state index < -0.39 is 0 Å². The molecule has 0 spiro atoms. The number of hydrogen-bond acceptors (Lipinski definition) is 2. The lowest BCUT2D eigenvalue weighted by atomic mass is 9.73. The number of rotatable bonds is 2. The summed E-state index contributed by atoms with van der Waals surface area (Å²) in [5, 5.41) is 2.46. The predicted molar refractivity (Wildman–Crippen MR) is 84.3 cm³/mol. The van der Waals surface area contributed by atoms with Crippen molar-refractivity contribution >= 4 is 10.8 Å². The van der Waals surface area contributed by atoms with Crippen LogP contribution in [0.4, 0.5) is 0 Å². The molecule has 1 aliphatic rings. The molecule has 0 radical (unpaired) electrons. The van der Waals surface area contributed by atoms with Gasteiger partial charge in [-0.25, -0.2) is 0 Å². The van der Waals surface area contributed by atoms with E-state index in [4.69, 9.17) is 5.73 Å². The van der Waals surface area contributed by atoms with Crippen LogP contribution in [0.1, 0.15) is 44.8 Å². The summed E-state index contributed by atoms with van der Waals surface area (Å²) in [5.41, 5.74) is 7.68. The van der Waals surface area contributed by atoms with Crippen LogP contribution in [0.2, 0.25) is 0 Å². The molecule has 2 aromatic rings. The second-order valence-electron chi connectivity index (χ2n) is 6.62. The fourth-order valence-corrected chi connectivity index (χ4v) is 3.93. The molecule has 1 fully saturated rings. The largest absolute Gasteiger partial charge is 0.322 e. The summed E-state index contributed by atoms with van der Waals surface area (Å²) in [6.45, 7) is 4.71. The van der Waals surface area contributed by atoms with E-state index in [0.717, 1.165) is 17.5 Å². The fourth-order valence-electron chi connectivity index (χ4n) is 3.93. The third-order valence-electron chi connectivity index (χ3n) is 4.74. The number of nitrogens with zero attached hydrogens (tertiary/aromatic N) is 1. The van der Waals surface area contributed by atoms with Crippen LogP contribution < -0.4 is 5.73 Å². The van der Waals surface area contributed by atoms with Crippen LogP contribution in [0.5, 0.6) is 0 Å². The summed E-state index contributed by atoms with van der Waals surface area (Å²) >= 11 is 0. The number of fused-ring (bicyclic) bond motifs is 1. The lowest BCUT2D eigenvalue weighted by molar-refractivity contribution is 0.192. The van der Waals surface area contributed by atoms with E-state index in [9.17, 15) is 0 Å². The SMILES string of the molecule is CC1CC(C)CC(C(N)c2nccc3ccccc23)C1. The highest BCUT2D eigenvalue weighted by Crippen LogP contribution is 2.39. The highest BCUT2D eigenvalue weighted by Gasteiger charge is 2.30. The molecule has 1 aromatic carbocycles. The molecule has 1 saturated carbocycles. The zero-order chi connectivity index (χ0) is 14.1. The number of benzene rings is 1. The van der Waals surface area contributed by atoms with E-state index in [1.54, 1.807) is 0 Å². The average molecular weight is 268 g/mol. The first kappa shape index (κ1) is 13.6. The maximum Gasteiger partial charge on any atom is 0.0651 e. The summed E-state index contributed by atoms with van der Waals surface area (Å²) in [5.74, 6) is 2.13. The third-order valence-corrected chi connectivity index (χ3v) is 4.74. The van der Waals surface area contributed by atoms with Gasteiger partial charge in [-0.1, -0.05) is 38.1 Å². The minimum atomic E-state index is 0.0614. The lowest BCUT2D eigenvalue weighted by Crippen LogP contribution is -2.30. The standard InChI is InChI=1S/C18H24N2/c1-12-9-13(2)11-15(10-12)17(19)18-16-6-4-3-5-14(16)7-8-20-18/h3-8,12-13,15,17H,9-11,19H2,1-2H3. The first-order valence-electron chi connectivity index (χ1n) is 7.74. The van der Waals surface area contributed by atoms with E-state index in [-0.39, 0.29) is 6.04 Å². The van der Waals surface area contributed by atoms with Crippen LogP contribution in [-0.2, 0) is 0 Å². The first-order valence-corrected chi connectivity index (χ1v) is 7.74. The summed E-state index contributed by atoms with van der Waals surface area (Å²) in [6, 6.07) is 10.6. The Labute approximate surface area is 121 Å². The molecule has 0 aliphatic heterocycles. The molecule has 0 amide bonds. The molecular weight excluding hydrogens is 244 g/mol. The Morgan fingerprint density at radius 1 is 1.05 bits per heavy atom. The quantitative estimate of drug-likeness (QED) is 0.881. The second kappa shape index (κ2) is 5.53. The fraction of sp³-hybridized carbons (Fsp3) is 0.500. The van der Waals surface area contributed by atoms with E-state index in [2.05, 4.69) is 49.2 Å². The molecule has 2 nitrogen and oxygen atoms in total. The van der Waals surface area contributed by atoms with Gasteiger partial charge in [-0.05, 0) is 48.5 Å². The van der Waals surface area contributed by atoms with E-state index >= 15 is 0 Å². The van der Waals surface area contributed by atoms with Crippen molar-refractivity contribution in [2.45, 2.75) is 39.2 Å². The molecular formula is C18H24N2. The summed E-state index contributed by atoms with van der Waals surface area (Å²) in [7, 11) is 0. The van der Waals surface area contributed by atoms with Gasteiger partial charge in [0.25, 0.3) is 0 Å². The Bertz CT molecular complexity index is 577. The van der Waals surface area contributed by atoms with Crippen molar-refractivity contribution in [2.75, 3.05) is 0 Å². The van der Waals surface area contributed by atoms with Crippen molar-refractivity contribution in [2.24, 2.45) is 23.5 Å². The van der Waals surface area contributed by atoms with Gasteiger partial charge in [0.05, 0.1) is 11.7 Å². The Morgan fingerprint density at radius 3 is 2.50 bits per heavy atom. The monoisotopic (exact) mass is 268 g/mol. The van der Waals surface area contributed by atoms with Crippen molar-refractivity contribution in [3.63, 3.8) is 0 Å². The van der Waals surface area contributed by atoms with Crippen molar-refractivity contribution in [1.29, 1.82) is 0 Å². The highest BCUT2D eigenvalue weighted by atomic mass is 14.8. The first-order chi connectivity index (χ1) is 9.65. The van der Waals surface area contributed by atoms with Gasteiger partial charge >= 0.3 is 0 Å². The predicted octanol–water partition coefficient (Wildman–Crippen LogP) is 4.31. The third kappa shape index (κ3) is 2.57. The molecule has 0 bridgehead atoms. The van der Waals surface area contributed by atoms with Crippen LogP contribution in [0.3, 0.4) is 0 Å². The van der Waals surface area contributed by atoms with Crippen LogP contribution in [-0.4, -0.2) is 4.98 Å². The second-order valence-corrected chi connectivity index (χ2v) is 6.62. The Kier molecular flexibility index (Phi) is 3.75. The minimum absolute atomic E-state index is 0.0614. The van der Waals surface area contributed by atoms with E-state index in [1.807, 2.05) is 6.20 Å². The van der Waals surface area contributed by atoms with Crippen molar-refractivity contribution in [3.05, 3.63) is 42.2 Å². The normalized spacial score (nSPS) is 28.4. The molecule has 3 rings (SSSR count). The topological polar surface area (TPSA) is 38.9 Å². The molecule has 106 valence electrons. The molecule has 2 heteroatoms. The molecule has 1 aromatic heterocycles. The number of pyridine rings is 1. The zero-order valence-corrected chi connectivity index (χ0v) is 12.4. The molecule has 20 heavy (non-hydrogen) atoms. The van der Waals surface area contributed by atoms with Crippen LogP contribution in [0.25, 0.3) is 10.8 Å². The molecule has 3 unspecified atom stereocenters. The van der Waals surface area contributed by atoms with Crippen molar-refractivity contribution < 1.29 is 0 Å². The number of nitrogens with two attached hydrogens (primary N) is 1. The summed E-state index contributed by atoms with van der Waals surface area (Å²) in [6.07, 6.45) is 5.70. The average Bonchev–Trinajstić information content (AvgIpc) is 2.45. The molecule has 1 aliphatic carbocycles. The molecule has 0 saturated heterocycles. The van der Waals surface area contributed by atoms with E-state index in [0.29, 0.717) is 5.92 Å². The van der Waals surface area contributed by atoms with Gasteiger partial charge in [-0.15, -0.1) is 0 Å². The Morgan fingerprint density at radius 2 is 1.75 bits per heavy atom. The molecule has 2 N–H and O–H groups in total. The highest BCUT2D eigenvalue weighted by molar-refractivity contribution is 5.84. The molecule has 3 atom stereocenters. The Hall–Kier alpha value is -1.41. The van der Waals surface area contributed by atoms with Gasteiger partial charge in [-0.2, -0.15) is 0 Å². The van der Waals surface area contributed by atoms with Gasteiger partial charge in [0.2, 0.25) is 0 Å². The van der Waals surface area contributed by atoms with Gasteiger partial charge < -0.3 is 5.73 Å². The summed E-state index contributed by atoms with van der Waals surface area (Å²) in [4.78, 5) is 4.61. The van der Waals surface area contributed by atoms with Crippen LogP contribution in [0.15, 0.2) is 36.5 Å². The van der Waals surface area contributed by atoms with Gasteiger partial charge in [0, 0.05) is 11.6 Å². The van der Waals surface area contributed by atoms with Crippen LogP contribution >= 0.6 is 0 Å². The maximum absolute atomic E-state index is 6.60. The summed E-state index contributed by atoms with van der Waals surface area (Å²) < 4.78 is 0. The van der Waals surface area contributed by atoms with Gasteiger partial charge in [0.1, 0.15) is 0 Å². The van der Waals surface area contributed by atoms with Crippen LogP contribution in [0, 0.1) is 17.8 Å².